The third-order valence-electron chi connectivity index (χ3n) is 2.79. The molecule has 1 aromatic carbocycles. The van der Waals surface area contributed by atoms with Crippen LogP contribution >= 0.6 is 15.9 Å². The normalized spacial score (nSPS) is 12.1. The van der Waals surface area contributed by atoms with E-state index in [9.17, 15) is 9.90 Å². The smallest absolute Gasteiger partial charge is 0.339 e. The number of aryl methyl sites for hydroxylation is 1. The highest BCUT2D eigenvalue weighted by Gasteiger charge is 2.26. The molecule has 0 saturated heterocycles. The van der Waals surface area contributed by atoms with Crippen molar-refractivity contribution in [2.24, 2.45) is 0 Å². The Balaban J connectivity index is 3.33. The molecule has 0 aliphatic heterocycles. The molecule has 18 heavy (non-hydrogen) atoms. The number of hydrogen-bond acceptors (Lipinski definition) is 4. The van der Waals surface area contributed by atoms with Crippen LogP contribution in [0.5, 0.6) is 5.75 Å². The third-order valence-corrected chi connectivity index (χ3v) is 3.38. The van der Waals surface area contributed by atoms with Gasteiger partial charge in [0.1, 0.15) is 5.75 Å². The quantitative estimate of drug-likeness (QED) is 0.868. The highest BCUT2D eigenvalue weighted by Crippen LogP contribution is 2.37. The van der Waals surface area contributed by atoms with Crippen LogP contribution in [0, 0.1) is 13.8 Å². The lowest BCUT2D eigenvalue weighted by molar-refractivity contribution is -0.153. The molecule has 1 rings (SSSR count). The van der Waals surface area contributed by atoms with E-state index >= 15 is 0 Å². The van der Waals surface area contributed by atoms with Crippen molar-refractivity contribution >= 4 is 21.9 Å². The SMILES string of the molecule is CCOC(=O)C(O)c1c(C)c(C)cc(Br)c1OC. The van der Waals surface area contributed by atoms with Gasteiger partial charge in [-0.1, -0.05) is 0 Å². The van der Waals surface area contributed by atoms with Gasteiger partial charge in [-0.2, -0.15) is 0 Å². The van der Waals surface area contributed by atoms with Crippen LogP contribution in [0.15, 0.2) is 10.5 Å². The number of halogens is 1. The molecule has 1 atom stereocenters. The van der Waals surface area contributed by atoms with E-state index in [1.807, 2.05) is 19.9 Å². The second-order valence-electron chi connectivity index (χ2n) is 3.90. The number of carbonyl (C=O) groups excluding carboxylic acids is 1. The summed E-state index contributed by atoms with van der Waals surface area (Å²) in [5.74, 6) is -0.213. The maximum atomic E-state index is 11.6. The molecule has 0 heterocycles. The third kappa shape index (κ3) is 2.84. The van der Waals surface area contributed by atoms with Crippen molar-refractivity contribution in [2.75, 3.05) is 13.7 Å². The van der Waals surface area contributed by atoms with E-state index in [0.717, 1.165) is 11.1 Å². The summed E-state index contributed by atoms with van der Waals surface area (Å²) in [5.41, 5.74) is 2.22. The molecule has 0 aliphatic rings. The number of rotatable bonds is 4. The molecule has 0 aromatic heterocycles. The average molecular weight is 317 g/mol. The van der Waals surface area contributed by atoms with Gasteiger partial charge in [-0.25, -0.2) is 4.79 Å². The largest absolute Gasteiger partial charge is 0.495 e. The first-order valence-corrected chi connectivity index (χ1v) is 6.41. The van der Waals surface area contributed by atoms with Gasteiger partial charge in [-0.15, -0.1) is 0 Å². The van der Waals surface area contributed by atoms with Gasteiger partial charge in [-0.05, 0) is 53.9 Å². The zero-order valence-corrected chi connectivity index (χ0v) is 12.5. The minimum absolute atomic E-state index is 0.226. The molecule has 0 amide bonds. The van der Waals surface area contributed by atoms with Crippen molar-refractivity contribution in [3.05, 3.63) is 27.2 Å². The van der Waals surface area contributed by atoms with Crippen LogP contribution in [0.25, 0.3) is 0 Å². The standard InChI is InChI=1S/C13H17BrO4/c1-5-18-13(16)11(15)10-8(3)7(2)6-9(14)12(10)17-4/h6,11,15H,5H2,1-4H3. The number of hydrogen-bond donors (Lipinski definition) is 1. The first kappa shape index (κ1) is 15.0. The molecule has 100 valence electrons. The molecule has 0 fully saturated rings. The van der Waals surface area contributed by atoms with E-state index in [-0.39, 0.29) is 6.61 Å². The minimum Gasteiger partial charge on any atom is -0.495 e. The van der Waals surface area contributed by atoms with Gasteiger partial charge in [0, 0.05) is 5.56 Å². The summed E-state index contributed by atoms with van der Waals surface area (Å²) in [6, 6.07) is 1.88. The van der Waals surface area contributed by atoms with Crippen LogP contribution in [-0.4, -0.2) is 24.8 Å². The fraction of sp³-hybridized carbons (Fsp3) is 0.462. The Morgan fingerprint density at radius 3 is 2.61 bits per heavy atom. The zero-order chi connectivity index (χ0) is 13.9. The molecule has 0 spiro atoms. The van der Waals surface area contributed by atoms with Crippen LogP contribution < -0.4 is 4.74 Å². The summed E-state index contributed by atoms with van der Waals surface area (Å²) in [6.07, 6.45) is -1.34. The molecular formula is C13H17BrO4. The van der Waals surface area contributed by atoms with Crippen molar-refractivity contribution in [3.8, 4) is 5.75 Å². The zero-order valence-electron chi connectivity index (χ0n) is 10.9. The Kier molecular flexibility index (Phi) is 5.16. The van der Waals surface area contributed by atoms with Gasteiger partial charge in [-0.3, -0.25) is 0 Å². The lowest BCUT2D eigenvalue weighted by Crippen LogP contribution is -2.18. The highest BCUT2D eigenvalue weighted by molar-refractivity contribution is 9.10. The monoisotopic (exact) mass is 316 g/mol. The number of aliphatic hydroxyl groups is 1. The maximum absolute atomic E-state index is 11.6. The first-order chi connectivity index (χ1) is 8.43. The Hall–Kier alpha value is -1.07. The molecule has 1 aromatic rings. The molecule has 0 bridgehead atoms. The van der Waals surface area contributed by atoms with Crippen LogP contribution in [0.4, 0.5) is 0 Å². The fourth-order valence-electron chi connectivity index (χ4n) is 1.75. The molecule has 0 radical (unpaired) electrons. The van der Waals surface area contributed by atoms with Gasteiger partial charge >= 0.3 is 5.97 Å². The summed E-state index contributed by atoms with van der Waals surface area (Å²) in [4.78, 5) is 11.6. The van der Waals surface area contributed by atoms with E-state index in [4.69, 9.17) is 9.47 Å². The number of esters is 1. The van der Waals surface area contributed by atoms with Crippen molar-refractivity contribution in [2.45, 2.75) is 26.9 Å². The summed E-state index contributed by atoms with van der Waals surface area (Å²) in [6.45, 7) is 5.66. The molecule has 5 heteroatoms. The number of aliphatic hydroxyl groups excluding tert-OH is 1. The van der Waals surface area contributed by atoms with Gasteiger partial charge < -0.3 is 14.6 Å². The maximum Gasteiger partial charge on any atom is 0.339 e. The van der Waals surface area contributed by atoms with E-state index in [0.29, 0.717) is 15.8 Å². The number of carbonyl (C=O) groups is 1. The van der Waals surface area contributed by atoms with Crippen molar-refractivity contribution in [1.82, 2.24) is 0 Å². The second kappa shape index (κ2) is 6.20. The Morgan fingerprint density at radius 2 is 2.11 bits per heavy atom. The Labute approximate surface area is 115 Å². The lowest BCUT2D eigenvalue weighted by Gasteiger charge is -2.19. The molecule has 1 N–H and O–H groups in total. The molecule has 0 saturated carbocycles. The summed E-state index contributed by atoms with van der Waals surface area (Å²) in [7, 11) is 1.50. The minimum atomic E-state index is -1.34. The molecule has 4 nitrogen and oxygen atoms in total. The van der Waals surface area contributed by atoms with E-state index in [2.05, 4.69) is 15.9 Å². The van der Waals surface area contributed by atoms with E-state index in [1.165, 1.54) is 7.11 Å². The second-order valence-corrected chi connectivity index (χ2v) is 4.76. The summed E-state index contributed by atoms with van der Waals surface area (Å²) in [5, 5.41) is 10.1. The van der Waals surface area contributed by atoms with Crippen LogP contribution in [0.3, 0.4) is 0 Å². The van der Waals surface area contributed by atoms with Gasteiger partial charge in [0.25, 0.3) is 0 Å². The van der Waals surface area contributed by atoms with Crippen molar-refractivity contribution in [1.29, 1.82) is 0 Å². The number of ether oxygens (including phenoxy) is 2. The highest BCUT2D eigenvalue weighted by atomic mass is 79.9. The number of methoxy groups -OCH3 is 1. The Morgan fingerprint density at radius 1 is 1.50 bits per heavy atom. The van der Waals surface area contributed by atoms with Gasteiger partial charge in [0.15, 0.2) is 6.10 Å². The van der Waals surface area contributed by atoms with Crippen LogP contribution in [0.1, 0.15) is 29.7 Å². The summed E-state index contributed by atoms with van der Waals surface area (Å²) >= 11 is 3.36. The molecule has 1 unspecified atom stereocenters. The number of benzene rings is 1. The predicted molar refractivity (Wildman–Crippen MR) is 71.8 cm³/mol. The van der Waals surface area contributed by atoms with E-state index < -0.39 is 12.1 Å². The lowest BCUT2D eigenvalue weighted by atomic mass is 9.98. The van der Waals surface area contributed by atoms with Crippen LogP contribution in [0.2, 0.25) is 0 Å². The first-order valence-electron chi connectivity index (χ1n) is 5.62. The van der Waals surface area contributed by atoms with E-state index in [1.54, 1.807) is 6.92 Å². The van der Waals surface area contributed by atoms with Crippen LogP contribution in [-0.2, 0) is 9.53 Å². The summed E-state index contributed by atoms with van der Waals surface area (Å²) < 4.78 is 10.8. The van der Waals surface area contributed by atoms with Crippen molar-refractivity contribution in [3.63, 3.8) is 0 Å². The molecule has 0 aliphatic carbocycles. The van der Waals surface area contributed by atoms with Crippen molar-refractivity contribution < 1.29 is 19.4 Å². The van der Waals surface area contributed by atoms with Gasteiger partial charge in [0.05, 0.1) is 18.2 Å². The fourth-order valence-corrected chi connectivity index (χ4v) is 2.47. The van der Waals surface area contributed by atoms with Gasteiger partial charge in [0.2, 0.25) is 0 Å². The average Bonchev–Trinajstić information content (AvgIpc) is 2.32. The topological polar surface area (TPSA) is 55.8 Å². The predicted octanol–water partition coefficient (Wildman–Crippen LogP) is 2.67. The molecular weight excluding hydrogens is 300 g/mol. The Bertz CT molecular complexity index is 457.